The van der Waals surface area contributed by atoms with Gasteiger partial charge in [-0.05, 0) is 37.5 Å². The molecule has 0 spiro atoms. The normalized spacial score (nSPS) is 12.5. The molecule has 18 heavy (non-hydrogen) atoms. The topological polar surface area (TPSA) is 3.24 Å². The summed E-state index contributed by atoms with van der Waals surface area (Å²) >= 11 is 9.50. The van der Waals surface area contributed by atoms with Gasteiger partial charge in [0.05, 0.1) is 0 Å². The molecular weight excluding hydrogens is 310 g/mol. The minimum Gasteiger partial charge on any atom is -0.369 e. The number of hydrogen-bond donors (Lipinski definition) is 0. The molecule has 1 nitrogen and oxygen atoms in total. The molecule has 0 bridgehead atoms. The molecule has 0 saturated carbocycles. The van der Waals surface area contributed by atoms with Gasteiger partial charge in [0, 0.05) is 28.6 Å². The Bertz CT molecular complexity index is 368. The van der Waals surface area contributed by atoms with Crippen LogP contribution in [0.3, 0.4) is 0 Å². The van der Waals surface area contributed by atoms with Crippen LogP contribution in [-0.2, 0) is 5.88 Å². The quantitative estimate of drug-likeness (QED) is 0.588. The smallest absolute Gasteiger partial charge is 0.0485 e. The molecule has 0 aromatic heterocycles. The summed E-state index contributed by atoms with van der Waals surface area (Å²) in [6.07, 6.45) is 3.63. The van der Waals surface area contributed by atoms with Crippen LogP contribution in [0.15, 0.2) is 22.7 Å². The standard InChI is InChI=1S/C15H23BrClN/c1-4-6-9-18(12(3)5-2)14-8-7-13(11-17)15(16)10-14/h7-8,10,12H,4-6,9,11H2,1-3H3. The molecule has 1 aromatic carbocycles. The van der Waals surface area contributed by atoms with E-state index >= 15 is 0 Å². The third kappa shape index (κ3) is 4.17. The van der Waals surface area contributed by atoms with Gasteiger partial charge in [0.25, 0.3) is 0 Å². The number of nitrogens with zero attached hydrogens (tertiary/aromatic N) is 1. The van der Waals surface area contributed by atoms with Crippen molar-refractivity contribution < 1.29 is 0 Å². The third-order valence-electron chi connectivity index (χ3n) is 3.39. The van der Waals surface area contributed by atoms with Crippen molar-refractivity contribution in [2.45, 2.75) is 52.0 Å². The molecule has 0 amide bonds. The van der Waals surface area contributed by atoms with Crippen molar-refractivity contribution in [1.82, 2.24) is 0 Å². The second kappa shape index (κ2) is 8.06. The average molecular weight is 333 g/mol. The van der Waals surface area contributed by atoms with Crippen LogP contribution in [0.1, 0.15) is 45.6 Å². The van der Waals surface area contributed by atoms with E-state index < -0.39 is 0 Å². The molecule has 1 aromatic rings. The molecule has 0 saturated heterocycles. The lowest BCUT2D eigenvalue weighted by atomic mass is 10.1. The first-order valence-electron chi connectivity index (χ1n) is 6.75. The summed E-state index contributed by atoms with van der Waals surface area (Å²) in [5.41, 5.74) is 2.44. The zero-order valence-electron chi connectivity index (χ0n) is 11.5. The van der Waals surface area contributed by atoms with E-state index in [0.29, 0.717) is 11.9 Å². The Balaban J connectivity index is 2.93. The lowest BCUT2D eigenvalue weighted by molar-refractivity contribution is 0.595. The van der Waals surface area contributed by atoms with Gasteiger partial charge in [-0.25, -0.2) is 0 Å². The molecule has 0 N–H and O–H groups in total. The fourth-order valence-electron chi connectivity index (χ4n) is 1.98. The lowest BCUT2D eigenvalue weighted by Crippen LogP contribution is -2.33. The number of rotatable bonds is 7. The summed E-state index contributed by atoms with van der Waals surface area (Å²) in [6, 6.07) is 7.07. The third-order valence-corrected chi connectivity index (χ3v) is 4.41. The highest BCUT2D eigenvalue weighted by atomic mass is 79.9. The molecular formula is C15H23BrClN. The first kappa shape index (κ1) is 15.8. The number of anilines is 1. The van der Waals surface area contributed by atoms with Crippen molar-refractivity contribution in [3.8, 4) is 0 Å². The Morgan fingerprint density at radius 1 is 1.33 bits per heavy atom. The Labute approximate surface area is 125 Å². The van der Waals surface area contributed by atoms with Crippen molar-refractivity contribution in [2.24, 2.45) is 0 Å². The fraction of sp³-hybridized carbons (Fsp3) is 0.600. The van der Waals surface area contributed by atoms with Gasteiger partial charge in [0.1, 0.15) is 0 Å². The molecule has 0 aliphatic rings. The number of unbranched alkanes of at least 4 members (excludes halogenated alkanes) is 1. The zero-order valence-corrected chi connectivity index (χ0v) is 13.9. The van der Waals surface area contributed by atoms with Crippen molar-refractivity contribution >= 4 is 33.2 Å². The van der Waals surface area contributed by atoms with Crippen LogP contribution >= 0.6 is 27.5 Å². The first-order chi connectivity index (χ1) is 8.63. The van der Waals surface area contributed by atoms with Gasteiger partial charge in [-0.2, -0.15) is 0 Å². The minimum atomic E-state index is 0.555. The van der Waals surface area contributed by atoms with E-state index in [1.54, 1.807) is 0 Å². The van der Waals surface area contributed by atoms with E-state index in [-0.39, 0.29) is 0 Å². The van der Waals surface area contributed by atoms with Gasteiger partial charge in [0.2, 0.25) is 0 Å². The largest absolute Gasteiger partial charge is 0.369 e. The summed E-state index contributed by atoms with van der Waals surface area (Å²) in [5, 5.41) is 0. The van der Waals surface area contributed by atoms with Crippen molar-refractivity contribution in [3.63, 3.8) is 0 Å². The number of benzene rings is 1. The maximum Gasteiger partial charge on any atom is 0.0485 e. The molecule has 0 heterocycles. The van der Waals surface area contributed by atoms with E-state index in [1.165, 1.54) is 24.9 Å². The van der Waals surface area contributed by atoms with Crippen molar-refractivity contribution in [2.75, 3.05) is 11.4 Å². The lowest BCUT2D eigenvalue weighted by Gasteiger charge is -2.31. The molecule has 0 aliphatic carbocycles. The molecule has 3 heteroatoms. The maximum atomic E-state index is 5.89. The van der Waals surface area contributed by atoms with Gasteiger partial charge >= 0.3 is 0 Å². The van der Waals surface area contributed by atoms with Crippen LogP contribution in [0.25, 0.3) is 0 Å². The Kier molecular flexibility index (Phi) is 7.10. The van der Waals surface area contributed by atoms with Crippen LogP contribution in [0, 0.1) is 0 Å². The summed E-state index contributed by atoms with van der Waals surface area (Å²) < 4.78 is 1.11. The highest BCUT2D eigenvalue weighted by molar-refractivity contribution is 9.10. The second-order valence-electron chi connectivity index (χ2n) is 4.71. The first-order valence-corrected chi connectivity index (χ1v) is 8.07. The highest BCUT2D eigenvalue weighted by Gasteiger charge is 2.13. The predicted octanol–water partition coefficient (Wildman–Crippen LogP) is 5.59. The second-order valence-corrected chi connectivity index (χ2v) is 5.84. The van der Waals surface area contributed by atoms with E-state index in [9.17, 15) is 0 Å². The summed E-state index contributed by atoms with van der Waals surface area (Å²) in [5.74, 6) is 0.555. The maximum absolute atomic E-state index is 5.89. The summed E-state index contributed by atoms with van der Waals surface area (Å²) in [6.45, 7) is 7.89. The van der Waals surface area contributed by atoms with Gasteiger partial charge in [0.15, 0.2) is 0 Å². The average Bonchev–Trinajstić information content (AvgIpc) is 2.39. The fourth-order valence-corrected chi connectivity index (χ4v) is 2.88. The minimum absolute atomic E-state index is 0.555. The van der Waals surface area contributed by atoms with Gasteiger partial charge < -0.3 is 4.90 Å². The number of halogens is 2. The molecule has 1 rings (SSSR count). The predicted molar refractivity (Wildman–Crippen MR) is 85.7 cm³/mol. The van der Waals surface area contributed by atoms with Crippen LogP contribution in [-0.4, -0.2) is 12.6 Å². The monoisotopic (exact) mass is 331 g/mol. The van der Waals surface area contributed by atoms with E-state index in [4.69, 9.17) is 11.6 Å². The molecule has 1 atom stereocenters. The molecule has 0 radical (unpaired) electrons. The van der Waals surface area contributed by atoms with E-state index in [0.717, 1.165) is 16.6 Å². The van der Waals surface area contributed by atoms with Crippen molar-refractivity contribution in [1.29, 1.82) is 0 Å². The Hall–Kier alpha value is -0.210. The summed E-state index contributed by atoms with van der Waals surface area (Å²) in [4.78, 5) is 2.49. The Morgan fingerprint density at radius 3 is 2.56 bits per heavy atom. The number of hydrogen-bond acceptors (Lipinski definition) is 1. The number of alkyl halides is 1. The zero-order chi connectivity index (χ0) is 13.5. The van der Waals surface area contributed by atoms with Gasteiger partial charge in [-0.15, -0.1) is 11.6 Å². The molecule has 1 unspecified atom stereocenters. The van der Waals surface area contributed by atoms with Gasteiger partial charge in [-0.3, -0.25) is 0 Å². The van der Waals surface area contributed by atoms with E-state index in [2.05, 4.69) is 59.8 Å². The highest BCUT2D eigenvalue weighted by Crippen LogP contribution is 2.27. The van der Waals surface area contributed by atoms with Gasteiger partial charge in [-0.1, -0.05) is 42.3 Å². The van der Waals surface area contributed by atoms with Crippen molar-refractivity contribution in [3.05, 3.63) is 28.2 Å². The van der Waals surface area contributed by atoms with Crippen LogP contribution in [0.5, 0.6) is 0 Å². The van der Waals surface area contributed by atoms with Crippen LogP contribution < -0.4 is 4.90 Å². The SMILES string of the molecule is CCCCN(c1ccc(CCl)c(Br)c1)C(C)CC. The van der Waals surface area contributed by atoms with E-state index in [1.807, 2.05) is 0 Å². The summed E-state index contributed by atoms with van der Waals surface area (Å²) in [7, 11) is 0. The molecule has 0 aliphatic heterocycles. The molecule has 102 valence electrons. The molecule has 0 fully saturated rings. The van der Waals surface area contributed by atoms with Crippen LogP contribution in [0.2, 0.25) is 0 Å². The Morgan fingerprint density at radius 2 is 2.06 bits per heavy atom. The van der Waals surface area contributed by atoms with Crippen LogP contribution in [0.4, 0.5) is 5.69 Å².